The van der Waals surface area contributed by atoms with Gasteiger partial charge >= 0.3 is 0 Å². The molecular formula is C44H36N2S2. The summed E-state index contributed by atoms with van der Waals surface area (Å²) < 4.78 is 0. The summed E-state index contributed by atoms with van der Waals surface area (Å²) in [5, 5.41) is 0. The Balaban J connectivity index is 0.929. The van der Waals surface area contributed by atoms with Crippen LogP contribution in [0.3, 0.4) is 0 Å². The van der Waals surface area contributed by atoms with Gasteiger partial charge in [-0.2, -0.15) is 0 Å². The van der Waals surface area contributed by atoms with Gasteiger partial charge in [-0.15, -0.1) is 0 Å². The zero-order valence-corrected chi connectivity index (χ0v) is 28.8. The van der Waals surface area contributed by atoms with Crippen LogP contribution in [0, 0.1) is 0 Å². The first kappa shape index (κ1) is 30.4. The van der Waals surface area contributed by atoms with E-state index in [0.29, 0.717) is 0 Å². The number of benzene rings is 6. The summed E-state index contributed by atoms with van der Waals surface area (Å²) in [6, 6.07) is 48.6. The average molecular weight is 657 g/mol. The van der Waals surface area contributed by atoms with Crippen LogP contribution in [0.2, 0.25) is 0 Å². The predicted octanol–water partition coefficient (Wildman–Crippen LogP) is 12.9. The van der Waals surface area contributed by atoms with Gasteiger partial charge in [0.2, 0.25) is 0 Å². The Morgan fingerprint density at radius 2 is 0.750 bits per heavy atom. The summed E-state index contributed by atoms with van der Waals surface area (Å²) >= 11 is 3.72. The van der Waals surface area contributed by atoms with Crippen molar-refractivity contribution in [1.29, 1.82) is 0 Å². The fraction of sp³-hybridized carbons (Fsp3) is 0.0909. The van der Waals surface area contributed by atoms with Crippen molar-refractivity contribution in [2.75, 3.05) is 22.9 Å². The molecule has 0 amide bonds. The third kappa shape index (κ3) is 5.98. The largest absolute Gasteiger partial charge is 0.340 e. The number of hydrogen-bond donors (Lipinski definition) is 0. The smallest absolute Gasteiger partial charge is 0.0553 e. The van der Waals surface area contributed by atoms with E-state index in [1.54, 1.807) is 0 Å². The lowest BCUT2D eigenvalue weighted by atomic mass is 10.0. The fourth-order valence-electron chi connectivity index (χ4n) is 6.55. The summed E-state index contributed by atoms with van der Waals surface area (Å²) in [5.41, 5.74) is 12.4. The van der Waals surface area contributed by atoms with Gasteiger partial charge in [-0.3, -0.25) is 0 Å². The maximum Gasteiger partial charge on any atom is 0.0553 e. The molecule has 6 aromatic carbocycles. The van der Waals surface area contributed by atoms with Crippen molar-refractivity contribution in [2.24, 2.45) is 0 Å². The van der Waals surface area contributed by atoms with Crippen LogP contribution >= 0.6 is 23.5 Å². The molecule has 0 aromatic heterocycles. The second-order valence-electron chi connectivity index (χ2n) is 12.0. The molecule has 0 spiro atoms. The maximum absolute atomic E-state index is 2.41. The lowest BCUT2D eigenvalue weighted by Gasteiger charge is -2.32. The first-order valence-electron chi connectivity index (χ1n) is 16.6. The first-order valence-corrected chi connectivity index (χ1v) is 18.2. The molecule has 0 saturated heterocycles. The molecule has 0 radical (unpaired) electrons. The van der Waals surface area contributed by atoms with Crippen LogP contribution in [0.4, 0.5) is 22.7 Å². The lowest BCUT2D eigenvalue weighted by Crippen LogP contribution is -2.19. The third-order valence-corrected chi connectivity index (χ3v) is 11.2. The van der Waals surface area contributed by atoms with E-state index < -0.39 is 0 Å². The van der Waals surface area contributed by atoms with E-state index in [-0.39, 0.29) is 0 Å². The minimum atomic E-state index is 0.953. The van der Waals surface area contributed by atoms with Crippen molar-refractivity contribution in [2.45, 2.75) is 33.4 Å². The standard InChI is InChI=1S/C44H36N2S2/c1-3-45-37-9-5-7-11-41(37)47-43-29-33(21-27-39(43)45)15-13-31-17-23-35(24-18-31)36-25-19-32(20-26-36)14-16-34-22-28-40-44(30-34)48-42-12-8-6-10-38(42)46(40)4-2/h5-30H,3-4H2,1-2H3/b15-13+,16-14+. The van der Waals surface area contributed by atoms with Gasteiger partial charge in [0, 0.05) is 32.7 Å². The van der Waals surface area contributed by atoms with Gasteiger partial charge in [0.05, 0.1) is 22.7 Å². The van der Waals surface area contributed by atoms with Crippen LogP contribution in [-0.4, -0.2) is 13.1 Å². The molecule has 0 N–H and O–H groups in total. The van der Waals surface area contributed by atoms with Crippen molar-refractivity contribution >= 4 is 70.6 Å². The minimum Gasteiger partial charge on any atom is -0.340 e. The molecule has 6 aromatic rings. The molecule has 0 aliphatic carbocycles. The van der Waals surface area contributed by atoms with Crippen LogP contribution in [-0.2, 0) is 0 Å². The van der Waals surface area contributed by atoms with Gasteiger partial charge < -0.3 is 9.80 Å². The third-order valence-electron chi connectivity index (χ3n) is 9.02. The molecule has 234 valence electrons. The molecule has 2 aliphatic heterocycles. The molecule has 0 bridgehead atoms. The van der Waals surface area contributed by atoms with Gasteiger partial charge in [-0.1, -0.05) is 133 Å². The van der Waals surface area contributed by atoms with E-state index in [4.69, 9.17) is 0 Å². The first-order chi connectivity index (χ1) is 23.7. The van der Waals surface area contributed by atoms with E-state index in [1.807, 2.05) is 23.5 Å². The Hall–Kier alpha value is -4.90. The Kier molecular flexibility index (Phi) is 8.44. The number of fused-ring (bicyclic) bond motifs is 4. The quantitative estimate of drug-likeness (QED) is 0.158. The van der Waals surface area contributed by atoms with E-state index in [2.05, 4.69) is 181 Å². The van der Waals surface area contributed by atoms with Crippen LogP contribution in [0.5, 0.6) is 0 Å². The topological polar surface area (TPSA) is 6.48 Å². The molecule has 2 nitrogen and oxygen atoms in total. The van der Waals surface area contributed by atoms with Crippen molar-refractivity contribution in [3.63, 3.8) is 0 Å². The van der Waals surface area contributed by atoms with Crippen molar-refractivity contribution in [3.8, 4) is 11.1 Å². The molecule has 0 fully saturated rings. The SMILES string of the molecule is CCN1c2ccccc2Sc2cc(/C=C/c3ccc(-c4ccc(/C=C/c5ccc6c(c5)Sc5ccccc5N6CC)cc4)cc3)ccc21. The summed E-state index contributed by atoms with van der Waals surface area (Å²) in [5.74, 6) is 0. The molecule has 2 aliphatic rings. The molecule has 48 heavy (non-hydrogen) atoms. The van der Waals surface area contributed by atoms with E-state index in [9.17, 15) is 0 Å². The normalized spacial score (nSPS) is 13.4. The molecule has 0 saturated carbocycles. The molecule has 8 rings (SSSR count). The van der Waals surface area contributed by atoms with E-state index >= 15 is 0 Å². The number of nitrogens with zero attached hydrogens (tertiary/aromatic N) is 2. The predicted molar refractivity (Wildman–Crippen MR) is 209 cm³/mol. The summed E-state index contributed by atoms with van der Waals surface area (Å²) in [6.07, 6.45) is 8.84. The fourth-order valence-corrected chi connectivity index (χ4v) is 8.84. The summed E-state index contributed by atoms with van der Waals surface area (Å²) in [6.45, 7) is 6.34. The molecule has 0 unspecified atom stereocenters. The van der Waals surface area contributed by atoms with Crippen LogP contribution in [0.1, 0.15) is 36.1 Å². The van der Waals surface area contributed by atoms with Crippen LogP contribution in [0.15, 0.2) is 153 Å². The number of hydrogen-bond acceptors (Lipinski definition) is 4. The number of para-hydroxylation sites is 2. The van der Waals surface area contributed by atoms with Crippen molar-refractivity contribution in [3.05, 3.63) is 156 Å². The average Bonchev–Trinajstić information content (AvgIpc) is 3.14. The van der Waals surface area contributed by atoms with Crippen LogP contribution in [0.25, 0.3) is 35.4 Å². The van der Waals surface area contributed by atoms with E-state index in [1.165, 1.54) is 75.7 Å². The zero-order chi connectivity index (χ0) is 32.5. The highest BCUT2D eigenvalue weighted by Gasteiger charge is 2.23. The lowest BCUT2D eigenvalue weighted by molar-refractivity contribution is 0.979. The van der Waals surface area contributed by atoms with Gasteiger partial charge in [0.25, 0.3) is 0 Å². The second-order valence-corrected chi connectivity index (χ2v) is 14.2. The molecular weight excluding hydrogens is 621 g/mol. The Bertz CT molecular complexity index is 2010. The van der Waals surface area contributed by atoms with Gasteiger partial charge in [0.15, 0.2) is 0 Å². The number of anilines is 4. The van der Waals surface area contributed by atoms with Gasteiger partial charge in [0.1, 0.15) is 0 Å². The highest BCUT2D eigenvalue weighted by molar-refractivity contribution is 8.00. The molecule has 2 heterocycles. The Morgan fingerprint density at radius 3 is 1.17 bits per heavy atom. The highest BCUT2D eigenvalue weighted by atomic mass is 32.2. The monoisotopic (exact) mass is 656 g/mol. The number of rotatable bonds is 7. The van der Waals surface area contributed by atoms with Gasteiger partial charge in [-0.25, -0.2) is 0 Å². The molecule has 4 heteroatoms. The molecule has 0 atom stereocenters. The Morgan fingerprint density at radius 1 is 0.396 bits per heavy atom. The highest BCUT2D eigenvalue weighted by Crippen LogP contribution is 2.49. The Labute approximate surface area is 292 Å². The summed E-state index contributed by atoms with van der Waals surface area (Å²) in [4.78, 5) is 10.1. The van der Waals surface area contributed by atoms with Crippen molar-refractivity contribution in [1.82, 2.24) is 0 Å². The van der Waals surface area contributed by atoms with E-state index in [0.717, 1.165) is 13.1 Å². The van der Waals surface area contributed by atoms with Crippen LogP contribution < -0.4 is 9.80 Å². The van der Waals surface area contributed by atoms with Gasteiger partial charge in [-0.05, 0) is 95.8 Å². The second kappa shape index (κ2) is 13.3. The summed E-state index contributed by atoms with van der Waals surface area (Å²) in [7, 11) is 0. The minimum absolute atomic E-state index is 0.953. The zero-order valence-electron chi connectivity index (χ0n) is 27.1. The maximum atomic E-state index is 2.41. The van der Waals surface area contributed by atoms with Crippen molar-refractivity contribution < 1.29 is 0 Å².